The highest BCUT2D eigenvalue weighted by molar-refractivity contribution is 6.30. The Morgan fingerprint density at radius 1 is 1.00 bits per heavy atom. The molecule has 1 aromatic heterocycles. The third kappa shape index (κ3) is 5.30. The van der Waals surface area contributed by atoms with E-state index in [2.05, 4.69) is 11.9 Å². The molecule has 4 aliphatic heterocycles. The van der Waals surface area contributed by atoms with Crippen LogP contribution in [0.5, 0.6) is 5.75 Å². The van der Waals surface area contributed by atoms with Gasteiger partial charge in [-0.2, -0.15) is 0 Å². The Morgan fingerprint density at radius 2 is 1.67 bits per heavy atom. The van der Waals surface area contributed by atoms with Gasteiger partial charge in [-0.05, 0) is 43.4 Å². The van der Waals surface area contributed by atoms with Crippen LogP contribution in [0.15, 0.2) is 30.5 Å². The van der Waals surface area contributed by atoms with Crippen molar-refractivity contribution in [2.45, 2.75) is 63.8 Å². The summed E-state index contributed by atoms with van der Waals surface area (Å²) < 4.78 is 34.6. The van der Waals surface area contributed by atoms with Crippen LogP contribution < -0.4 is 4.74 Å². The van der Waals surface area contributed by atoms with Gasteiger partial charge < -0.3 is 33.3 Å². The first-order valence-corrected chi connectivity index (χ1v) is 13.7. The minimum atomic E-state index is -0.885. The largest absolute Gasteiger partial charge is 0.514 e. The van der Waals surface area contributed by atoms with Gasteiger partial charge in [-0.15, -0.1) is 0 Å². The zero-order valence-electron chi connectivity index (χ0n) is 21.8. The fraction of sp³-hybridized carbons (Fsp3) is 0.536. The number of nitrogens with zero attached hydrogens (tertiary/aromatic N) is 2. The summed E-state index contributed by atoms with van der Waals surface area (Å²) in [6, 6.07) is 7.39. The summed E-state index contributed by atoms with van der Waals surface area (Å²) in [6.45, 7) is 5.87. The molecule has 0 bridgehead atoms. The van der Waals surface area contributed by atoms with E-state index in [0.29, 0.717) is 35.5 Å². The topological polar surface area (TPSA) is 106 Å². The van der Waals surface area contributed by atoms with Gasteiger partial charge in [0.2, 0.25) is 0 Å². The van der Waals surface area contributed by atoms with Gasteiger partial charge in [0.05, 0.1) is 25.5 Å². The summed E-state index contributed by atoms with van der Waals surface area (Å²) in [7, 11) is 0. The Hall–Kier alpha value is -2.92. The second kappa shape index (κ2) is 10.9. The number of pyridine rings is 1. The van der Waals surface area contributed by atoms with E-state index in [4.69, 9.17) is 40.0 Å². The zero-order valence-corrected chi connectivity index (χ0v) is 22.6. The molecular formula is C28H31ClN2O8. The normalized spacial score (nSPS) is 28.2. The lowest BCUT2D eigenvalue weighted by Gasteiger charge is -2.30. The quantitative estimate of drug-likeness (QED) is 0.498. The summed E-state index contributed by atoms with van der Waals surface area (Å²) in [5, 5.41) is 0.635. The maximum Gasteiger partial charge on any atom is 0.514 e. The van der Waals surface area contributed by atoms with Crippen LogP contribution in [0, 0.1) is 12.8 Å². The van der Waals surface area contributed by atoms with Gasteiger partial charge in [0.1, 0.15) is 18.3 Å². The molecule has 5 heterocycles. The van der Waals surface area contributed by atoms with Crippen molar-refractivity contribution in [3.8, 4) is 5.75 Å². The molecule has 5 unspecified atom stereocenters. The highest BCUT2D eigenvalue weighted by Gasteiger charge is 2.51. The van der Waals surface area contributed by atoms with Crippen molar-refractivity contribution in [2.24, 2.45) is 5.92 Å². The van der Waals surface area contributed by atoms with E-state index < -0.39 is 30.6 Å². The molecule has 0 radical (unpaired) electrons. The second-order valence-corrected chi connectivity index (χ2v) is 11.0. The standard InChI is InChI=1S/C28H31ClN2O8/c1-15-7-9-31(10-8-15)27(32)37-21-13-35-26-22(14-36-25(21)26)38-28(33)39-23-16(2)30-11-19-20(23)12-34-24(19)17-3-5-18(29)6-4-17/h3-6,11,15,21-22,24-26H,7-10,12-14H2,1-2H3. The molecule has 0 aliphatic carbocycles. The van der Waals surface area contributed by atoms with E-state index in [1.54, 1.807) is 30.2 Å². The van der Waals surface area contributed by atoms with E-state index in [1.165, 1.54) is 0 Å². The first-order chi connectivity index (χ1) is 18.9. The van der Waals surface area contributed by atoms with E-state index in [1.807, 2.05) is 12.1 Å². The number of carbonyl (C=O) groups excluding carboxylic acids is 2. The predicted molar refractivity (Wildman–Crippen MR) is 138 cm³/mol. The second-order valence-electron chi connectivity index (χ2n) is 10.5. The molecule has 3 fully saturated rings. The zero-order chi connectivity index (χ0) is 27.1. The molecule has 0 saturated carbocycles. The van der Waals surface area contributed by atoms with Crippen molar-refractivity contribution in [2.75, 3.05) is 26.3 Å². The molecule has 39 heavy (non-hydrogen) atoms. The van der Waals surface area contributed by atoms with Crippen molar-refractivity contribution >= 4 is 23.8 Å². The van der Waals surface area contributed by atoms with Gasteiger partial charge in [0.15, 0.2) is 18.0 Å². The highest BCUT2D eigenvalue weighted by atomic mass is 35.5. The van der Waals surface area contributed by atoms with Crippen LogP contribution in [-0.4, -0.2) is 72.9 Å². The molecule has 2 aromatic rings. The van der Waals surface area contributed by atoms with Gasteiger partial charge >= 0.3 is 12.2 Å². The van der Waals surface area contributed by atoms with Gasteiger partial charge in [-0.3, -0.25) is 4.98 Å². The van der Waals surface area contributed by atoms with Crippen molar-refractivity contribution in [3.63, 3.8) is 0 Å². The fourth-order valence-electron chi connectivity index (χ4n) is 5.59. The lowest BCUT2D eigenvalue weighted by Crippen LogP contribution is -2.42. The minimum absolute atomic E-state index is 0.117. The van der Waals surface area contributed by atoms with E-state index >= 15 is 0 Å². The number of piperidine rings is 1. The molecule has 11 heteroatoms. The number of carbonyl (C=O) groups is 2. The molecule has 208 valence electrons. The van der Waals surface area contributed by atoms with Crippen molar-refractivity contribution < 1.29 is 38.0 Å². The smallest absolute Gasteiger partial charge is 0.441 e. The first-order valence-electron chi connectivity index (χ1n) is 13.3. The number of aryl methyl sites for hydroxylation is 1. The monoisotopic (exact) mass is 558 g/mol. The lowest BCUT2D eigenvalue weighted by molar-refractivity contribution is -0.0274. The Labute approximate surface area is 231 Å². The number of benzene rings is 1. The number of aromatic nitrogens is 1. The molecule has 1 aromatic carbocycles. The molecule has 1 amide bonds. The first kappa shape index (κ1) is 26.3. The van der Waals surface area contributed by atoms with Crippen LogP contribution in [0.3, 0.4) is 0 Å². The summed E-state index contributed by atoms with van der Waals surface area (Å²) in [4.78, 5) is 31.6. The molecule has 10 nitrogen and oxygen atoms in total. The Bertz CT molecular complexity index is 1230. The van der Waals surface area contributed by atoms with Gasteiger partial charge in [0, 0.05) is 35.4 Å². The number of hydrogen-bond donors (Lipinski definition) is 0. The van der Waals surface area contributed by atoms with E-state index in [-0.39, 0.29) is 32.0 Å². The van der Waals surface area contributed by atoms with Crippen molar-refractivity contribution in [1.29, 1.82) is 0 Å². The van der Waals surface area contributed by atoms with Crippen LogP contribution in [0.4, 0.5) is 9.59 Å². The maximum atomic E-state index is 12.9. The number of hydrogen-bond acceptors (Lipinski definition) is 9. The number of rotatable bonds is 4. The van der Waals surface area contributed by atoms with Gasteiger partial charge in [0.25, 0.3) is 0 Å². The molecule has 0 spiro atoms. The van der Waals surface area contributed by atoms with Crippen LogP contribution >= 0.6 is 11.6 Å². The van der Waals surface area contributed by atoms with Crippen LogP contribution in [0.2, 0.25) is 5.02 Å². The molecule has 0 N–H and O–H groups in total. The third-order valence-electron chi connectivity index (χ3n) is 7.89. The summed E-state index contributed by atoms with van der Waals surface area (Å²) >= 11 is 6.03. The number of halogens is 1. The number of amides is 1. The predicted octanol–water partition coefficient (Wildman–Crippen LogP) is 4.58. The summed E-state index contributed by atoms with van der Waals surface area (Å²) in [6.07, 6.45) is -0.219. The highest BCUT2D eigenvalue weighted by Crippen LogP contribution is 2.41. The maximum absolute atomic E-state index is 12.9. The minimum Gasteiger partial charge on any atom is -0.441 e. The number of fused-ring (bicyclic) bond motifs is 2. The summed E-state index contributed by atoms with van der Waals surface area (Å²) in [5.41, 5.74) is 3.04. The summed E-state index contributed by atoms with van der Waals surface area (Å²) in [5.74, 6) is 0.928. The molecule has 3 saturated heterocycles. The molecule has 4 aliphatic rings. The molecular weight excluding hydrogens is 528 g/mol. The molecule has 5 atom stereocenters. The van der Waals surface area contributed by atoms with Crippen molar-refractivity contribution in [3.05, 3.63) is 57.9 Å². The molecule has 6 rings (SSSR count). The van der Waals surface area contributed by atoms with Crippen LogP contribution in [0.1, 0.15) is 48.3 Å². The van der Waals surface area contributed by atoms with Crippen molar-refractivity contribution in [1.82, 2.24) is 9.88 Å². The average Bonchev–Trinajstić information content (AvgIpc) is 3.64. The van der Waals surface area contributed by atoms with Gasteiger partial charge in [-0.1, -0.05) is 30.7 Å². The van der Waals surface area contributed by atoms with Gasteiger partial charge in [-0.25, -0.2) is 9.59 Å². The van der Waals surface area contributed by atoms with Crippen LogP contribution in [0.25, 0.3) is 0 Å². The van der Waals surface area contributed by atoms with E-state index in [9.17, 15) is 9.59 Å². The number of likely N-dealkylation sites (tertiary alicyclic amines) is 1. The lowest BCUT2D eigenvalue weighted by atomic mass is 10.00. The Morgan fingerprint density at radius 3 is 2.36 bits per heavy atom. The average molecular weight is 559 g/mol. The van der Waals surface area contributed by atoms with Crippen LogP contribution in [-0.2, 0) is 30.3 Å². The SMILES string of the molecule is Cc1ncc2c(c1OC(=O)OC1COC3C(OC(=O)N4CCC(C)CC4)COC13)COC2c1ccc(Cl)cc1. The Kier molecular flexibility index (Phi) is 7.37. The number of ether oxygens (including phenoxy) is 6. The third-order valence-corrected chi connectivity index (χ3v) is 8.14. The fourth-order valence-corrected chi connectivity index (χ4v) is 5.72. The Balaban J connectivity index is 1.07. The van der Waals surface area contributed by atoms with E-state index in [0.717, 1.165) is 29.5 Å².